The molecular formula is C19H22N2O4S. The highest BCUT2D eigenvalue weighted by Crippen LogP contribution is 2.15. The summed E-state index contributed by atoms with van der Waals surface area (Å²) in [6.45, 7) is 7.07. The minimum Gasteiger partial charge on any atom is -0.449 e. The summed E-state index contributed by atoms with van der Waals surface area (Å²) < 4.78 is 5.19. The van der Waals surface area contributed by atoms with Crippen LogP contribution in [-0.2, 0) is 9.53 Å². The van der Waals surface area contributed by atoms with Crippen molar-refractivity contribution in [3.63, 3.8) is 0 Å². The smallest absolute Gasteiger partial charge is 0.338 e. The topological polar surface area (TPSA) is 84.5 Å². The fraction of sp³-hybridized carbons (Fsp3) is 0.316. The lowest BCUT2D eigenvalue weighted by Gasteiger charge is -2.23. The molecule has 138 valence electrons. The monoisotopic (exact) mass is 374 g/mol. The van der Waals surface area contributed by atoms with Crippen LogP contribution in [0.3, 0.4) is 0 Å². The summed E-state index contributed by atoms with van der Waals surface area (Å²) in [6.07, 6.45) is -0.903. The molecule has 0 fully saturated rings. The van der Waals surface area contributed by atoms with Crippen molar-refractivity contribution in [2.45, 2.75) is 39.3 Å². The summed E-state index contributed by atoms with van der Waals surface area (Å²) in [4.78, 5) is 36.7. The Bertz CT molecular complexity index is 777. The molecule has 2 rings (SSSR count). The lowest BCUT2D eigenvalue weighted by molar-refractivity contribution is -0.130. The Morgan fingerprint density at radius 2 is 1.73 bits per heavy atom. The molecule has 1 aromatic heterocycles. The first-order chi connectivity index (χ1) is 12.2. The number of amides is 2. The van der Waals surface area contributed by atoms with Crippen molar-refractivity contribution in [3.8, 4) is 0 Å². The van der Waals surface area contributed by atoms with Gasteiger partial charge in [0.2, 0.25) is 0 Å². The van der Waals surface area contributed by atoms with Crippen LogP contribution in [-0.4, -0.2) is 29.4 Å². The van der Waals surface area contributed by atoms with E-state index in [1.54, 1.807) is 36.4 Å². The fourth-order valence-electron chi connectivity index (χ4n) is 2.04. The number of esters is 1. The van der Waals surface area contributed by atoms with Crippen molar-refractivity contribution in [2.75, 3.05) is 5.32 Å². The van der Waals surface area contributed by atoms with E-state index in [-0.39, 0.29) is 11.8 Å². The molecule has 0 aliphatic heterocycles. The zero-order valence-electron chi connectivity index (χ0n) is 15.2. The van der Waals surface area contributed by atoms with E-state index in [0.29, 0.717) is 16.1 Å². The van der Waals surface area contributed by atoms with Crippen LogP contribution in [0.1, 0.15) is 47.7 Å². The highest BCUT2D eigenvalue weighted by Gasteiger charge is 2.22. The second-order valence-corrected chi connectivity index (χ2v) is 7.74. The molecule has 0 unspecified atom stereocenters. The molecule has 26 heavy (non-hydrogen) atoms. The van der Waals surface area contributed by atoms with Crippen LogP contribution in [0, 0.1) is 0 Å². The Balaban J connectivity index is 1.94. The maximum absolute atomic E-state index is 12.2. The van der Waals surface area contributed by atoms with Gasteiger partial charge in [-0.3, -0.25) is 9.59 Å². The quantitative estimate of drug-likeness (QED) is 0.785. The Kier molecular flexibility index (Phi) is 6.15. The molecule has 1 heterocycles. The summed E-state index contributed by atoms with van der Waals surface area (Å²) in [6, 6.07) is 9.84. The van der Waals surface area contributed by atoms with Gasteiger partial charge in [0, 0.05) is 11.2 Å². The van der Waals surface area contributed by atoms with Crippen molar-refractivity contribution in [2.24, 2.45) is 0 Å². The van der Waals surface area contributed by atoms with Gasteiger partial charge < -0.3 is 15.4 Å². The number of rotatable bonds is 5. The van der Waals surface area contributed by atoms with Gasteiger partial charge in [-0.05, 0) is 63.4 Å². The van der Waals surface area contributed by atoms with Crippen molar-refractivity contribution in [3.05, 3.63) is 52.2 Å². The van der Waals surface area contributed by atoms with Crippen LogP contribution in [0.15, 0.2) is 41.8 Å². The number of carbonyl (C=O) groups is 3. The number of ether oxygens (including phenoxy) is 1. The van der Waals surface area contributed by atoms with Crippen LogP contribution in [0.25, 0.3) is 0 Å². The molecule has 0 radical (unpaired) electrons. The van der Waals surface area contributed by atoms with Gasteiger partial charge in [-0.25, -0.2) is 4.79 Å². The largest absolute Gasteiger partial charge is 0.449 e. The van der Waals surface area contributed by atoms with Gasteiger partial charge in [0.25, 0.3) is 11.8 Å². The average Bonchev–Trinajstić information content (AvgIpc) is 3.08. The Morgan fingerprint density at radius 3 is 2.27 bits per heavy atom. The number of hydrogen-bond donors (Lipinski definition) is 2. The number of thiophene rings is 1. The van der Waals surface area contributed by atoms with Gasteiger partial charge in [0.05, 0.1) is 10.4 Å². The molecule has 2 amide bonds. The Morgan fingerprint density at radius 1 is 1.08 bits per heavy atom. The van der Waals surface area contributed by atoms with Crippen LogP contribution >= 0.6 is 11.3 Å². The lowest BCUT2D eigenvalue weighted by Crippen LogP contribution is -2.46. The second-order valence-electron chi connectivity index (χ2n) is 6.80. The first-order valence-corrected chi connectivity index (χ1v) is 9.01. The van der Waals surface area contributed by atoms with E-state index in [0.717, 1.165) is 0 Å². The molecule has 1 aromatic carbocycles. The summed E-state index contributed by atoms with van der Waals surface area (Å²) in [5.74, 6) is -1.16. The summed E-state index contributed by atoms with van der Waals surface area (Å²) in [5, 5.41) is 7.33. The molecule has 1 atom stereocenters. The third-order valence-electron chi connectivity index (χ3n) is 3.27. The Labute approximate surface area is 156 Å². The minimum absolute atomic E-state index is 0.206. The molecule has 2 aromatic rings. The lowest BCUT2D eigenvalue weighted by atomic mass is 10.1. The van der Waals surface area contributed by atoms with E-state index in [1.807, 2.05) is 26.2 Å². The van der Waals surface area contributed by atoms with Gasteiger partial charge in [-0.15, -0.1) is 11.3 Å². The van der Waals surface area contributed by atoms with Crippen molar-refractivity contribution >= 4 is 34.8 Å². The predicted molar refractivity (Wildman–Crippen MR) is 101 cm³/mol. The number of nitrogens with one attached hydrogen (secondary N) is 2. The Hall–Kier alpha value is -2.67. The van der Waals surface area contributed by atoms with Crippen LogP contribution in [0.5, 0.6) is 0 Å². The summed E-state index contributed by atoms with van der Waals surface area (Å²) >= 11 is 1.35. The molecule has 0 bridgehead atoms. The van der Waals surface area contributed by atoms with Gasteiger partial charge in [-0.1, -0.05) is 6.07 Å². The molecule has 0 saturated carbocycles. The minimum atomic E-state index is -0.903. The third-order valence-corrected chi connectivity index (χ3v) is 4.14. The van der Waals surface area contributed by atoms with E-state index < -0.39 is 17.6 Å². The summed E-state index contributed by atoms with van der Waals surface area (Å²) in [7, 11) is 0. The maximum atomic E-state index is 12.2. The SMILES string of the molecule is C[C@@H](OC(=O)c1ccc(NC(=O)c2cccs2)cc1)C(=O)NC(C)(C)C. The van der Waals surface area contributed by atoms with E-state index in [4.69, 9.17) is 4.74 Å². The molecule has 0 spiro atoms. The highest BCUT2D eigenvalue weighted by atomic mass is 32.1. The zero-order valence-corrected chi connectivity index (χ0v) is 16.0. The number of benzene rings is 1. The van der Waals surface area contributed by atoms with Gasteiger partial charge in [-0.2, -0.15) is 0 Å². The second kappa shape index (κ2) is 8.14. The van der Waals surface area contributed by atoms with Crippen LogP contribution < -0.4 is 10.6 Å². The molecule has 0 saturated heterocycles. The van der Waals surface area contributed by atoms with Gasteiger partial charge in [0.1, 0.15) is 0 Å². The molecule has 0 aliphatic rings. The number of carbonyl (C=O) groups excluding carboxylic acids is 3. The summed E-state index contributed by atoms with van der Waals surface area (Å²) in [5.41, 5.74) is 0.466. The van der Waals surface area contributed by atoms with E-state index >= 15 is 0 Å². The highest BCUT2D eigenvalue weighted by molar-refractivity contribution is 7.12. The number of hydrogen-bond acceptors (Lipinski definition) is 5. The molecule has 0 aliphatic carbocycles. The first kappa shape index (κ1) is 19.7. The molecule has 6 nitrogen and oxygen atoms in total. The predicted octanol–water partition coefficient (Wildman–Crippen LogP) is 3.46. The maximum Gasteiger partial charge on any atom is 0.338 e. The van der Waals surface area contributed by atoms with Crippen molar-refractivity contribution in [1.29, 1.82) is 0 Å². The molecule has 7 heteroatoms. The molecule has 2 N–H and O–H groups in total. The van der Waals surface area contributed by atoms with E-state index in [2.05, 4.69) is 10.6 Å². The zero-order chi connectivity index (χ0) is 19.3. The van der Waals surface area contributed by atoms with Crippen molar-refractivity contribution < 1.29 is 19.1 Å². The fourth-order valence-corrected chi connectivity index (χ4v) is 2.66. The first-order valence-electron chi connectivity index (χ1n) is 8.13. The van der Waals surface area contributed by atoms with Crippen molar-refractivity contribution in [1.82, 2.24) is 5.32 Å². The van der Waals surface area contributed by atoms with Crippen LogP contribution in [0.2, 0.25) is 0 Å². The molecular weight excluding hydrogens is 352 g/mol. The van der Waals surface area contributed by atoms with Gasteiger partial charge >= 0.3 is 5.97 Å². The average molecular weight is 374 g/mol. The third kappa shape index (κ3) is 5.70. The van der Waals surface area contributed by atoms with Crippen LogP contribution in [0.4, 0.5) is 5.69 Å². The van der Waals surface area contributed by atoms with E-state index in [1.165, 1.54) is 18.3 Å². The van der Waals surface area contributed by atoms with Gasteiger partial charge in [0.15, 0.2) is 6.10 Å². The van der Waals surface area contributed by atoms with E-state index in [9.17, 15) is 14.4 Å². The normalized spacial score (nSPS) is 12.2. The standard InChI is InChI=1S/C19H22N2O4S/c1-12(16(22)21-19(2,3)4)25-18(24)13-7-9-14(10-8-13)20-17(23)15-6-5-11-26-15/h5-12H,1-4H3,(H,20,23)(H,21,22)/t12-/m1/s1. The number of anilines is 1.